The van der Waals surface area contributed by atoms with E-state index in [9.17, 15) is 0 Å². The van der Waals surface area contributed by atoms with Gasteiger partial charge in [-0.3, -0.25) is 0 Å². The molecule has 0 spiro atoms. The van der Waals surface area contributed by atoms with Crippen LogP contribution in [-0.2, 0) is 4.74 Å². The first-order valence-corrected chi connectivity index (χ1v) is 6.36. The van der Waals surface area contributed by atoms with Crippen molar-refractivity contribution in [3.8, 4) is 0 Å². The fourth-order valence-corrected chi connectivity index (χ4v) is 2.45. The molecule has 0 aromatic heterocycles. The van der Waals surface area contributed by atoms with Crippen LogP contribution in [0.1, 0.15) is 46.5 Å². The molecule has 0 aromatic rings. The second-order valence-corrected chi connectivity index (χ2v) is 5.36. The molecular weight excluding hydrogens is 186 g/mol. The van der Waals surface area contributed by atoms with Gasteiger partial charge in [0.05, 0.1) is 6.10 Å². The van der Waals surface area contributed by atoms with Gasteiger partial charge in [-0.25, -0.2) is 0 Å². The summed E-state index contributed by atoms with van der Waals surface area (Å²) in [5.74, 6) is 0.930. The second-order valence-electron chi connectivity index (χ2n) is 5.36. The van der Waals surface area contributed by atoms with Crippen LogP contribution in [-0.4, -0.2) is 26.3 Å². The molecule has 0 radical (unpaired) electrons. The summed E-state index contributed by atoms with van der Waals surface area (Å²) in [6.07, 6.45) is 5.63. The lowest BCUT2D eigenvalue weighted by Gasteiger charge is -2.32. The molecule has 0 aliphatic heterocycles. The molecule has 1 fully saturated rings. The van der Waals surface area contributed by atoms with Gasteiger partial charge in [-0.05, 0) is 50.5 Å². The van der Waals surface area contributed by atoms with Gasteiger partial charge in [-0.2, -0.15) is 0 Å². The SMILES string of the molecule is CCCNCC(C)(CC(C)OC)C1CC1. The Morgan fingerprint density at radius 1 is 1.47 bits per heavy atom. The van der Waals surface area contributed by atoms with Crippen LogP contribution < -0.4 is 5.32 Å². The van der Waals surface area contributed by atoms with E-state index in [0.29, 0.717) is 11.5 Å². The van der Waals surface area contributed by atoms with Crippen molar-refractivity contribution >= 4 is 0 Å². The highest BCUT2D eigenvalue weighted by atomic mass is 16.5. The summed E-state index contributed by atoms with van der Waals surface area (Å²) < 4.78 is 5.40. The summed E-state index contributed by atoms with van der Waals surface area (Å²) in [5.41, 5.74) is 0.449. The van der Waals surface area contributed by atoms with Gasteiger partial charge >= 0.3 is 0 Å². The van der Waals surface area contributed by atoms with E-state index in [1.165, 1.54) is 25.7 Å². The summed E-state index contributed by atoms with van der Waals surface area (Å²) in [6.45, 7) is 9.12. The van der Waals surface area contributed by atoms with E-state index in [-0.39, 0.29) is 0 Å². The molecule has 0 amide bonds. The third-order valence-corrected chi connectivity index (χ3v) is 3.67. The fraction of sp³-hybridized carbons (Fsp3) is 1.00. The predicted molar refractivity (Wildman–Crippen MR) is 65.1 cm³/mol. The molecule has 1 rings (SSSR count). The molecule has 15 heavy (non-hydrogen) atoms. The largest absolute Gasteiger partial charge is 0.382 e. The molecule has 0 saturated heterocycles. The van der Waals surface area contributed by atoms with E-state index in [0.717, 1.165) is 19.0 Å². The van der Waals surface area contributed by atoms with E-state index in [1.807, 2.05) is 7.11 Å². The summed E-state index contributed by atoms with van der Waals surface area (Å²) in [4.78, 5) is 0. The number of nitrogens with one attached hydrogen (secondary N) is 1. The number of methoxy groups -OCH3 is 1. The number of hydrogen-bond donors (Lipinski definition) is 1. The Hall–Kier alpha value is -0.0800. The standard InChI is InChI=1S/C13H27NO/c1-5-8-14-10-13(3,12-6-7-12)9-11(2)15-4/h11-12,14H,5-10H2,1-4H3. The molecule has 1 saturated carbocycles. The average molecular weight is 213 g/mol. The van der Waals surface area contributed by atoms with Gasteiger partial charge in [0.1, 0.15) is 0 Å². The van der Waals surface area contributed by atoms with Gasteiger partial charge in [-0.15, -0.1) is 0 Å². The molecule has 0 bridgehead atoms. The first-order valence-electron chi connectivity index (χ1n) is 6.36. The van der Waals surface area contributed by atoms with Crippen molar-refractivity contribution in [2.24, 2.45) is 11.3 Å². The molecule has 1 aliphatic rings. The Labute approximate surface area is 94.8 Å². The molecule has 2 unspecified atom stereocenters. The van der Waals surface area contributed by atoms with Gasteiger partial charge in [0.15, 0.2) is 0 Å². The average Bonchev–Trinajstić information content (AvgIpc) is 3.01. The summed E-state index contributed by atoms with van der Waals surface area (Å²) in [6, 6.07) is 0. The molecule has 0 aromatic carbocycles. The highest BCUT2D eigenvalue weighted by Gasteiger charge is 2.41. The zero-order valence-corrected chi connectivity index (χ0v) is 10.8. The van der Waals surface area contributed by atoms with E-state index < -0.39 is 0 Å². The lowest BCUT2D eigenvalue weighted by atomic mass is 9.79. The third-order valence-electron chi connectivity index (χ3n) is 3.67. The van der Waals surface area contributed by atoms with Crippen LogP contribution in [0.25, 0.3) is 0 Å². The minimum absolute atomic E-state index is 0.388. The van der Waals surface area contributed by atoms with Crippen LogP contribution >= 0.6 is 0 Å². The molecule has 1 aliphatic carbocycles. The molecule has 90 valence electrons. The van der Waals surface area contributed by atoms with Crippen molar-refractivity contribution < 1.29 is 4.74 Å². The van der Waals surface area contributed by atoms with Crippen molar-refractivity contribution in [1.29, 1.82) is 0 Å². The zero-order valence-electron chi connectivity index (χ0n) is 10.8. The Morgan fingerprint density at radius 3 is 2.60 bits per heavy atom. The Bertz CT molecular complexity index is 179. The molecule has 1 N–H and O–H groups in total. The maximum atomic E-state index is 5.40. The molecule has 2 nitrogen and oxygen atoms in total. The third kappa shape index (κ3) is 4.12. The van der Waals surface area contributed by atoms with Crippen molar-refractivity contribution in [3.05, 3.63) is 0 Å². The zero-order chi connectivity index (χ0) is 11.3. The highest BCUT2D eigenvalue weighted by molar-refractivity contribution is 4.93. The minimum Gasteiger partial charge on any atom is -0.382 e. The Kier molecular flexibility index (Phi) is 5.07. The normalized spacial score (nSPS) is 22.4. The quantitative estimate of drug-likeness (QED) is 0.626. The lowest BCUT2D eigenvalue weighted by Crippen LogP contribution is -2.36. The van der Waals surface area contributed by atoms with Crippen LogP contribution in [0.4, 0.5) is 0 Å². The first-order chi connectivity index (χ1) is 7.12. The van der Waals surface area contributed by atoms with Gasteiger partial charge in [0.2, 0.25) is 0 Å². The van der Waals surface area contributed by atoms with Crippen molar-refractivity contribution in [2.75, 3.05) is 20.2 Å². The van der Waals surface area contributed by atoms with Crippen LogP contribution in [0.15, 0.2) is 0 Å². The first kappa shape index (κ1) is 13.0. The maximum absolute atomic E-state index is 5.40. The van der Waals surface area contributed by atoms with E-state index in [1.54, 1.807) is 0 Å². The van der Waals surface area contributed by atoms with Gasteiger partial charge in [0.25, 0.3) is 0 Å². The van der Waals surface area contributed by atoms with E-state index in [4.69, 9.17) is 4.74 Å². The molecular formula is C13H27NO. The molecule has 2 heteroatoms. The van der Waals surface area contributed by atoms with Gasteiger partial charge in [-0.1, -0.05) is 13.8 Å². The Morgan fingerprint density at radius 2 is 2.13 bits per heavy atom. The second kappa shape index (κ2) is 5.86. The molecule has 0 heterocycles. The van der Waals surface area contributed by atoms with Crippen LogP contribution in [0.5, 0.6) is 0 Å². The smallest absolute Gasteiger partial charge is 0.0549 e. The topological polar surface area (TPSA) is 21.3 Å². The monoisotopic (exact) mass is 213 g/mol. The van der Waals surface area contributed by atoms with Gasteiger partial charge < -0.3 is 10.1 Å². The highest BCUT2D eigenvalue weighted by Crippen LogP contribution is 2.48. The summed E-state index contributed by atoms with van der Waals surface area (Å²) in [7, 11) is 1.82. The molecule has 2 atom stereocenters. The van der Waals surface area contributed by atoms with Crippen LogP contribution in [0.3, 0.4) is 0 Å². The minimum atomic E-state index is 0.388. The lowest BCUT2D eigenvalue weighted by molar-refractivity contribution is 0.0609. The number of rotatable bonds is 8. The predicted octanol–water partition coefficient (Wildman–Crippen LogP) is 2.83. The number of hydrogen-bond acceptors (Lipinski definition) is 2. The van der Waals surface area contributed by atoms with Crippen molar-refractivity contribution in [2.45, 2.75) is 52.6 Å². The summed E-state index contributed by atoms with van der Waals surface area (Å²) >= 11 is 0. The fourth-order valence-electron chi connectivity index (χ4n) is 2.45. The Balaban J connectivity index is 2.38. The maximum Gasteiger partial charge on any atom is 0.0549 e. The number of ether oxygens (including phenoxy) is 1. The van der Waals surface area contributed by atoms with Gasteiger partial charge in [0, 0.05) is 13.7 Å². The van der Waals surface area contributed by atoms with Crippen LogP contribution in [0.2, 0.25) is 0 Å². The van der Waals surface area contributed by atoms with Crippen molar-refractivity contribution in [3.63, 3.8) is 0 Å². The van der Waals surface area contributed by atoms with E-state index >= 15 is 0 Å². The van der Waals surface area contributed by atoms with Crippen LogP contribution in [0, 0.1) is 11.3 Å². The summed E-state index contributed by atoms with van der Waals surface area (Å²) in [5, 5.41) is 3.57. The van der Waals surface area contributed by atoms with Crippen molar-refractivity contribution in [1.82, 2.24) is 5.32 Å². The van der Waals surface area contributed by atoms with E-state index in [2.05, 4.69) is 26.1 Å².